The van der Waals surface area contributed by atoms with Gasteiger partial charge in [0.1, 0.15) is 10.6 Å². The quantitative estimate of drug-likeness (QED) is 0.213. The number of anilines is 1. The number of unbranched alkanes of at least 4 members (excludes halogenated alkanes) is 5. The van der Waals surface area contributed by atoms with E-state index >= 15 is 0 Å². The van der Waals surface area contributed by atoms with Crippen molar-refractivity contribution in [3.8, 4) is 11.5 Å². The largest absolute Gasteiger partial charge is 0.463 e. The first kappa shape index (κ1) is 25.3. The fourth-order valence-electron chi connectivity index (χ4n) is 4.41. The number of hydrogen-bond donors (Lipinski definition) is 1. The van der Waals surface area contributed by atoms with E-state index < -0.39 is 0 Å². The second-order valence-electron chi connectivity index (χ2n) is 9.10. The first-order valence-electron chi connectivity index (χ1n) is 12.7. The number of benzene rings is 1. The molecule has 0 unspecified atom stereocenters. The topological polar surface area (TPSA) is 81.4 Å². The van der Waals surface area contributed by atoms with Gasteiger partial charge in [-0.05, 0) is 55.5 Å². The van der Waals surface area contributed by atoms with E-state index in [0.29, 0.717) is 53.1 Å². The number of furan rings is 1. The van der Waals surface area contributed by atoms with Crippen LogP contribution < -0.4 is 5.32 Å². The lowest BCUT2D eigenvalue weighted by molar-refractivity contribution is 0.0547. The van der Waals surface area contributed by atoms with E-state index in [2.05, 4.69) is 23.3 Å². The summed E-state index contributed by atoms with van der Waals surface area (Å²) >= 11 is 1.22. The van der Waals surface area contributed by atoms with Crippen LogP contribution in [0.5, 0.6) is 0 Å². The summed E-state index contributed by atoms with van der Waals surface area (Å²) in [6, 6.07) is 11.3. The summed E-state index contributed by atoms with van der Waals surface area (Å²) < 4.78 is 11.0. The van der Waals surface area contributed by atoms with Gasteiger partial charge in [-0.2, -0.15) is 0 Å². The molecule has 0 radical (unpaired) electrons. The van der Waals surface area contributed by atoms with Crippen LogP contribution in [0.15, 0.2) is 47.1 Å². The molecule has 0 saturated carbocycles. The van der Waals surface area contributed by atoms with E-state index in [1.165, 1.54) is 49.0 Å². The third-order valence-corrected chi connectivity index (χ3v) is 7.41. The predicted molar refractivity (Wildman–Crippen MR) is 139 cm³/mol. The third kappa shape index (κ3) is 6.89. The molecule has 4 rings (SSSR count). The molecule has 1 fully saturated rings. The number of carbonyl (C=O) groups is 2. The number of rotatable bonds is 12. The minimum atomic E-state index is -0.223. The number of ketones is 1. The van der Waals surface area contributed by atoms with Crippen molar-refractivity contribution in [3.63, 3.8) is 0 Å². The Kier molecular flexibility index (Phi) is 9.26. The number of thiazole rings is 1. The average Bonchev–Trinajstić information content (AvgIpc) is 3.57. The van der Waals surface area contributed by atoms with Gasteiger partial charge in [0.25, 0.3) is 5.91 Å². The monoisotopic (exact) mass is 494 g/mol. The van der Waals surface area contributed by atoms with Gasteiger partial charge in [-0.1, -0.05) is 62.5 Å². The maximum atomic E-state index is 13.3. The molecule has 35 heavy (non-hydrogen) atoms. The molecule has 3 aromatic rings. The molecule has 7 heteroatoms. The molecule has 1 aliphatic heterocycles. The van der Waals surface area contributed by atoms with Crippen LogP contribution in [0, 0.1) is 5.92 Å². The van der Waals surface area contributed by atoms with E-state index in [4.69, 9.17) is 9.15 Å². The highest BCUT2D eigenvalue weighted by atomic mass is 32.1. The molecule has 0 bridgehead atoms. The van der Waals surface area contributed by atoms with Gasteiger partial charge < -0.3 is 9.15 Å². The van der Waals surface area contributed by atoms with Crippen molar-refractivity contribution in [3.05, 3.63) is 58.7 Å². The zero-order valence-electron chi connectivity index (χ0n) is 20.4. The highest BCUT2D eigenvalue weighted by molar-refractivity contribution is 7.18. The van der Waals surface area contributed by atoms with Crippen molar-refractivity contribution in [1.82, 2.24) is 4.98 Å². The third-order valence-electron chi connectivity index (χ3n) is 6.43. The molecule has 0 atom stereocenters. The summed E-state index contributed by atoms with van der Waals surface area (Å²) in [4.78, 5) is 31.4. The van der Waals surface area contributed by atoms with Crippen molar-refractivity contribution >= 4 is 28.2 Å². The molecule has 2 aromatic heterocycles. The number of nitrogens with one attached hydrogen (secondary N) is 1. The Morgan fingerprint density at radius 3 is 2.63 bits per heavy atom. The molecule has 0 aliphatic carbocycles. The average molecular weight is 495 g/mol. The van der Waals surface area contributed by atoms with Gasteiger partial charge in [0.15, 0.2) is 16.7 Å². The molecule has 0 spiro atoms. The van der Waals surface area contributed by atoms with E-state index in [-0.39, 0.29) is 17.6 Å². The number of amides is 1. The van der Waals surface area contributed by atoms with Gasteiger partial charge in [-0.15, -0.1) is 0 Å². The van der Waals surface area contributed by atoms with E-state index in [9.17, 15) is 9.59 Å². The Morgan fingerprint density at radius 2 is 1.86 bits per heavy atom. The summed E-state index contributed by atoms with van der Waals surface area (Å²) in [5.41, 5.74) is 2.25. The standard InChI is InChI=1S/C28H34N2O4S/c1-2-3-4-5-6-7-10-20-11-8-12-22(19-20)27(32)30-28-29-24(23-13-9-16-34-23)26(35-28)25(31)21-14-17-33-18-15-21/h8-9,11-13,16,19,21H,2-7,10,14-15,17-18H2,1H3,(H,29,30,32). The van der Waals surface area contributed by atoms with Crippen LogP contribution >= 0.6 is 11.3 Å². The van der Waals surface area contributed by atoms with Crippen LogP contribution in [0.25, 0.3) is 11.5 Å². The molecule has 1 aromatic carbocycles. The number of aryl methyl sites for hydroxylation is 1. The van der Waals surface area contributed by atoms with Gasteiger partial charge in [0, 0.05) is 24.7 Å². The first-order chi connectivity index (χ1) is 17.2. The highest BCUT2D eigenvalue weighted by Crippen LogP contribution is 2.35. The minimum absolute atomic E-state index is 0.0404. The van der Waals surface area contributed by atoms with Crippen molar-refractivity contribution in [2.24, 2.45) is 5.92 Å². The fraction of sp³-hybridized carbons (Fsp3) is 0.464. The summed E-state index contributed by atoms with van der Waals surface area (Å²) in [5.74, 6) is 0.247. The second-order valence-corrected chi connectivity index (χ2v) is 10.1. The normalized spacial score (nSPS) is 14.2. The number of carbonyl (C=O) groups excluding carboxylic acids is 2. The zero-order valence-corrected chi connectivity index (χ0v) is 21.2. The van der Waals surface area contributed by atoms with Crippen molar-refractivity contribution in [1.29, 1.82) is 0 Å². The van der Waals surface area contributed by atoms with Gasteiger partial charge >= 0.3 is 0 Å². The Morgan fingerprint density at radius 1 is 1.06 bits per heavy atom. The predicted octanol–water partition coefficient (Wildman–Crippen LogP) is 7.17. The lowest BCUT2D eigenvalue weighted by Crippen LogP contribution is -2.23. The van der Waals surface area contributed by atoms with E-state index in [0.717, 1.165) is 12.8 Å². The Hall–Kier alpha value is -2.77. The van der Waals surface area contributed by atoms with Crippen LogP contribution in [0.3, 0.4) is 0 Å². The molecule has 1 amide bonds. The van der Waals surface area contributed by atoms with Crippen LogP contribution in [0.1, 0.15) is 83.9 Å². The van der Waals surface area contributed by atoms with Gasteiger partial charge in [0.2, 0.25) is 0 Å². The summed E-state index contributed by atoms with van der Waals surface area (Å²) in [6.07, 6.45) is 11.4. The molecule has 1 N–H and O–H groups in total. The number of ether oxygens (including phenoxy) is 1. The van der Waals surface area contributed by atoms with Crippen LogP contribution in [0.2, 0.25) is 0 Å². The highest BCUT2D eigenvalue weighted by Gasteiger charge is 2.29. The molecule has 6 nitrogen and oxygen atoms in total. The van der Waals surface area contributed by atoms with Crippen LogP contribution in [-0.2, 0) is 11.2 Å². The van der Waals surface area contributed by atoms with Crippen LogP contribution in [0.4, 0.5) is 5.13 Å². The maximum Gasteiger partial charge on any atom is 0.257 e. The summed E-state index contributed by atoms with van der Waals surface area (Å²) in [5, 5.41) is 3.31. The van der Waals surface area contributed by atoms with E-state index in [1.54, 1.807) is 18.4 Å². The molecule has 186 valence electrons. The number of Topliss-reactive ketones (excluding diaryl/α,β-unsaturated/α-hetero) is 1. The zero-order chi connectivity index (χ0) is 24.5. The number of aromatic nitrogens is 1. The van der Waals surface area contributed by atoms with Gasteiger partial charge in [0.05, 0.1) is 6.26 Å². The van der Waals surface area contributed by atoms with Gasteiger partial charge in [-0.25, -0.2) is 4.98 Å². The van der Waals surface area contributed by atoms with Crippen molar-refractivity contribution < 1.29 is 18.7 Å². The molecule has 1 saturated heterocycles. The van der Waals surface area contributed by atoms with Crippen LogP contribution in [-0.4, -0.2) is 29.9 Å². The SMILES string of the molecule is CCCCCCCCc1cccc(C(=O)Nc2nc(-c3ccco3)c(C(=O)C3CCOCC3)s2)c1. The lowest BCUT2D eigenvalue weighted by atomic mass is 9.94. The minimum Gasteiger partial charge on any atom is -0.463 e. The fourth-order valence-corrected chi connectivity index (χ4v) is 5.40. The molecule has 1 aliphatic rings. The molecular formula is C28H34N2O4S. The molecular weight excluding hydrogens is 460 g/mol. The van der Waals surface area contributed by atoms with E-state index in [1.807, 2.05) is 18.2 Å². The Labute approximate surface area is 211 Å². The lowest BCUT2D eigenvalue weighted by Gasteiger charge is -2.20. The molecule has 3 heterocycles. The smallest absolute Gasteiger partial charge is 0.257 e. The Bertz CT molecular complexity index is 1100. The summed E-state index contributed by atoms with van der Waals surface area (Å²) in [6.45, 7) is 3.40. The van der Waals surface area contributed by atoms with Gasteiger partial charge in [-0.3, -0.25) is 14.9 Å². The number of hydrogen-bond acceptors (Lipinski definition) is 6. The second kappa shape index (κ2) is 12.8. The maximum absolute atomic E-state index is 13.3. The number of nitrogens with zero attached hydrogens (tertiary/aromatic N) is 1. The van der Waals surface area contributed by atoms with Crippen molar-refractivity contribution in [2.75, 3.05) is 18.5 Å². The Balaban J connectivity index is 1.44. The first-order valence-corrected chi connectivity index (χ1v) is 13.5. The van der Waals surface area contributed by atoms with Crippen molar-refractivity contribution in [2.45, 2.75) is 64.7 Å². The summed E-state index contributed by atoms with van der Waals surface area (Å²) in [7, 11) is 0.